The zero-order chi connectivity index (χ0) is 18.7. The molecule has 2 aromatic rings. The van der Waals surface area contributed by atoms with Crippen LogP contribution in [0.25, 0.3) is 0 Å². The summed E-state index contributed by atoms with van der Waals surface area (Å²) in [6.07, 6.45) is 3.22. The lowest BCUT2D eigenvalue weighted by atomic mass is 9.90. The third-order valence-corrected chi connectivity index (χ3v) is 5.61. The fraction of sp³-hybridized carbons (Fsp3) is 0.368. The van der Waals surface area contributed by atoms with Gasteiger partial charge in [0.05, 0.1) is 10.6 Å². The Hall–Kier alpha value is -2.28. The van der Waals surface area contributed by atoms with Gasteiger partial charge in [0.2, 0.25) is 0 Å². The van der Waals surface area contributed by atoms with Crippen molar-refractivity contribution in [1.29, 1.82) is 0 Å². The van der Waals surface area contributed by atoms with Crippen LogP contribution in [0.4, 0.5) is 8.78 Å². The van der Waals surface area contributed by atoms with Crippen molar-refractivity contribution in [3.63, 3.8) is 0 Å². The van der Waals surface area contributed by atoms with E-state index in [4.69, 9.17) is 0 Å². The number of nitrogens with one attached hydrogen (secondary N) is 1. The first-order valence-electron chi connectivity index (χ1n) is 8.44. The van der Waals surface area contributed by atoms with E-state index in [-0.39, 0.29) is 11.7 Å². The lowest BCUT2D eigenvalue weighted by Gasteiger charge is -2.16. The zero-order valence-electron chi connectivity index (χ0n) is 14.6. The molecule has 1 atom stereocenters. The van der Waals surface area contributed by atoms with Crippen molar-refractivity contribution in [2.45, 2.75) is 39.7 Å². The van der Waals surface area contributed by atoms with Crippen molar-refractivity contribution in [3.05, 3.63) is 51.2 Å². The summed E-state index contributed by atoms with van der Waals surface area (Å²) in [7, 11) is 0. The molecule has 7 heteroatoms. The van der Waals surface area contributed by atoms with E-state index in [9.17, 15) is 13.6 Å². The number of hydrogen-bond donors (Lipinski definition) is 1. The van der Waals surface area contributed by atoms with Crippen LogP contribution in [-0.4, -0.2) is 18.2 Å². The van der Waals surface area contributed by atoms with Crippen molar-refractivity contribution in [1.82, 2.24) is 5.43 Å². The second-order valence-electron chi connectivity index (χ2n) is 6.45. The summed E-state index contributed by atoms with van der Waals surface area (Å²) >= 11 is 1.53. The molecule has 1 heterocycles. The molecule has 26 heavy (non-hydrogen) atoms. The molecule has 0 fully saturated rings. The molecule has 1 aliphatic carbocycles. The molecule has 0 saturated heterocycles. The van der Waals surface area contributed by atoms with Crippen molar-refractivity contribution in [3.8, 4) is 5.75 Å². The van der Waals surface area contributed by atoms with Crippen LogP contribution in [0.3, 0.4) is 0 Å². The molecule has 4 nitrogen and oxygen atoms in total. The summed E-state index contributed by atoms with van der Waals surface area (Å²) in [5, 5.41) is 4.12. The molecule has 1 aromatic carbocycles. The van der Waals surface area contributed by atoms with Gasteiger partial charge in [0.1, 0.15) is 5.75 Å². The number of rotatable bonds is 5. The van der Waals surface area contributed by atoms with Crippen LogP contribution in [0, 0.1) is 5.92 Å². The Morgan fingerprint density at radius 2 is 2.08 bits per heavy atom. The maximum atomic E-state index is 12.3. The van der Waals surface area contributed by atoms with Crippen LogP contribution in [0.1, 0.15) is 45.9 Å². The SMILES string of the molecule is C/C(=N\NC(=O)c1cc2c(s1)CCC(C)C2)c1ccc(OC(F)F)cc1. The largest absolute Gasteiger partial charge is 0.435 e. The smallest absolute Gasteiger partial charge is 0.387 e. The highest BCUT2D eigenvalue weighted by Crippen LogP contribution is 2.32. The Balaban J connectivity index is 1.64. The summed E-state index contributed by atoms with van der Waals surface area (Å²) in [5.74, 6) is 0.512. The molecule has 1 aliphatic rings. The lowest BCUT2D eigenvalue weighted by molar-refractivity contribution is -0.0498. The first kappa shape index (κ1) is 18.5. The lowest BCUT2D eigenvalue weighted by Crippen LogP contribution is -2.18. The zero-order valence-corrected chi connectivity index (χ0v) is 15.4. The van der Waals surface area contributed by atoms with E-state index in [0.29, 0.717) is 22.1 Å². The Bertz CT molecular complexity index is 815. The number of ether oxygens (including phenoxy) is 1. The number of hydrogen-bond acceptors (Lipinski definition) is 4. The highest BCUT2D eigenvalue weighted by molar-refractivity contribution is 7.14. The maximum Gasteiger partial charge on any atom is 0.387 e. The van der Waals surface area contributed by atoms with Crippen LogP contribution >= 0.6 is 11.3 Å². The molecular formula is C19H20F2N2O2S. The fourth-order valence-electron chi connectivity index (χ4n) is 2.95. The van der Waals surface area contributed by atoms with Crippen molar-refractivity contribution < 1.29 is 18.3 Å². The van der Waals surface area contributed by atoms with Crippen molar-refractivity contribution in [2.24, 2.45) is 11.0 Å². The number of halogens is 2. The Morgan fingerprint density at radius 1 is 1.35 bits per heavy atom. The number of thiophene rings is 1. The minimum Gasteiger partial charge on any atom is -0.435 e. The first-order valence-corrected chi connectivity index (χ1v) is 9.25. The monoisotopic (exact) mass is 378 g/mol. The van der Waals surface area contributed by atoms with E-state index < -0.39 is 6.61 Å². The highest BCUT2D eigenvalue weighted by Gasteiger charge is 2.20. The molecular weight excluding hydrogens is 358 g/mol. The normalized spacial score (nSPS) is 17.1. The number of fused-ring (bicyclic) bond motifs is 1. The Kier molecular flexibility index (Phi) is 5.66. The Labute approximate surface area is 154 Å². The van der Waals surface area contributed by atoms with Gasteiger partial charge in [0, 0.05) is 4.88 Å². The van der Waals surface area contributed by atoms with Crippen LogP contribution in [0.15, 0.2) is 35.4 Å². The van der Waals surface area contributed by atoms with Gasteiger partial charge in [0.25, 0.3) is 5.91 Å². The quantitative estimate of drug-likeness (QED) is 0.609. The number of nitrogens with zero attached hydrogens (tertiary/aromatic N) is 1. The average molecular weight is 378 g/mol. The molecule has 0 saturated carbocycles. The Morgan fingerprint density at radius 3 is 2.77 bits per heavy atom. The van der Waals surface area contributed by atoms with E-state index in [1.165, 1.54) is 33.9 Å². The van der Waals surface area contributed by atoms with E-state index in [1.807, 2.05) is 6.07 Å². The van der Waals surface area contributed by atoms with E-state index in [1.54, 1.807) is 19.1 Å². The minimum atomic E-state index is -2.85. The van der Waals surface area contributed by atoms with Gasteiger partial charge in [-0.05, 0) is 73.6 Å². The molecule has 0 spiro atoms. The third kappa shape index (κ3) is 4.46. The van der Waals surface area contributed by atoms with Crippen LogP contribution in [-0.2, 0) is 12.8 Å². The van der Waals surface area contributed by atoms with E-state index >= 15 is 0 Å². The van der Waals surface area contributed by atoms with Gasteiger partial charge in [-0.1, -0.05) is 6.92 Å². The summed E-state index contributed by atoms with van der Waals surface area (Å²) in [4.78, 5) is 14.3. The number of aryl methyl sites for hydroxylation is 1. The summed E-state index contributed by atoms with van der Waals surface area (Å²) < 4.78 is 28.6. The molecule has 1 unspecified atom stereocenters. The van der Waals surface area contributed by atoms with Gasteiger partial charge >= 0.3 is 6.61 Å². The second kappa shape index (κ2) is 7.95. The molecule has 1 N–H and O–H groups in total. The highest BCUT2D eigenvalue weighted by atomic mass is 32.1. The number of hydrazone groups is 1. The van der Waals surface area contributed by atoms with Gasteiger partial charge in [0.15, 0.2) is 0 Å². The molecule has 3 rings (SSSR count). The second-order valence-corrected chi connectivity index (χ2v) is 7.58. The van der Waals surface area contributed by atoms with Crippen molar-refractivity contribution >= 4 is 23.0 Å². The van der Waals surface area contributed by atoms with Gasteiger partial charge in [-0.25, -0.2) is 5.43 Å². The predicted molar refractivity (Wildman–Crippen MR) is 98.3 cm³/mol. The molecule has 0 radical (unpaired) electrons. The van der Waals surface area contributed by atoms with Gasteiger partial charge in [-0.15, -0.1) is 11.3 Å². The van der Waals surface area contributed by atoms with Gasteiger partial charge < -0.3 is 4.74 Å². The van der Waals surface area contributed by atoms with E-state index in [2.05, 4.69) is 22.2 Å². The van der Waals surface area contributed by atoms with E-state index in [0.717, 1.165) is 19.3 Å². The van der Waals surface area contributed by atoms with Gasteiger partial charge in [-0.3, -0.25) is 4.79 Å². The molecule has 0 aliphatic heterocycles. The molecule has 1 amide bonds. The first-order chi connectivity index (χ1) is 12.4. The average Bonchev–Trinajstić information content (AvgIpc) is 3.02. The van der Waals surface area contributed by atoms with Gasteiger partial charge in [-0.2, -0.15) is 13.9 Å². The predicted octanol–water partition coefficient (Wildman–Crippen LogP) is 4.63. The minimum absolute atomic E-state index is 0.0824. The molecule has 138 valence electrons. The topological polar surface area (TPSA) is 50.7 Å². The standard InChI is InChI=1S/C19H20F2N2O2S/c1-11-3-8-16-14(9-11)10-17(26-16)18(24)23-22-12(2)13-4-6-15(7-5-13)25-19(20)21/h4-7,10-11,19H,3,8-9H2,1-2H3,(H,23,24)/b22-12+. The van der Waals surface area contributed by atoms with Crippen molar-refractivity contribution in [2.75, 3.05) is 0 Å². The molecule has 0 bridgehead atoms. The van der Waals surface area contributed by atoms with Crippen LogP contribution in [0.2, 0.25) is 0 Å². The maximum absolute atomic E-state index is 12.3. The summed E-state index contributed by atoms with van der Waals surface area (Å²) in [6.45, 7) is 1.12. The van der Waals surface area contributed by atoms with Crippen LogP contribution in [0.5, 0.6) is 5.75 Å². The number of benzene rings is 1. The van der Waals surface area contributed by atoms with Crippen LogP contribution < -0.4 is 10.2 Å². The summed E-state index contributed by atoms with van der Waals surface area (Å²) in [6, 6.07) is 8.09. The third-order valence-electron chi connectivity index (χ3n) is 4.38. The number of alkyl halides is 2. The fourth-order valence-corrected chi connectivity index (χ4v) is 4.05. The molecule has 1 aromatic heterocycles. The number of amides is 1. The summed E-state index contributed by atoms with van der Waals surface area (Å²) in [5.41, 5.74) is 5.14. The number of carbonyl (C=O) groups excluding carboxylic acids is 1. The number of carbonyl (C=O) groups is 1.